The Labute approximate surface area is 170 Å². The average molecular weight is 410 g/mol. The number of carbonyl (C=O) groups excluding carboxylic acids is 1. The van der Waals surface area contributed by atoms with Crippen molar-refractivity contribution >= 4 is 34.7 Å². The van der Waals surface area contributed by atoms with Crippen LogP contribution in [-0.4, -0.2) is 47.4 Å². The van der Waals surface area contributed by atoms with Crippen molar-refractivity contribution in [1.82, 2.24) is 34.7 Å². The van der Waals surface area contributed by atoms with Crippen molar-refractivity contribution < 1.29 is 9.53 Å². The van der Waals surface area contributed by atoms with E-state index in [9.17, 15) is 4.79 Å². The van der Waals surface area contributed by atoms with Crippen LogP contribution in [0.1, 0.15) is 12.6 Å². The van der Waals surface area contributed by atoms with Gasteiger partial charge in [0.05, 0.1) is 23.3 Å². The minimum atomic E-state index is -0.527. The van der Waals surface area contributed by atoms with Gasteiger partial charge >= 0.3 is 6.09 Å². The normalized spacial score (nSPS) is 11.0. The van der Waals surface area contributed by atoms with Crippen LogP contribution in [0.25, 0.3) is 17.0 Å². The fourth-order valence-corrected chi connectivity index (χ4v) is 3.66. The van der Waals surface area contributed by atoms with Crippen molar-refractivity contribution in [3.05, 3.63) is 48.2 Å². The van der Waals surface area contributed by atoms with Crippen LogP contribution in [0.4, 0.5) is 10.6 Å². The molecule has 0 radical (unpaired) electrons. The molecule has 0 bridgehead atoms. The number of benzene rings is 1. The van der Waals surface area contributed by atoms with Crippen molar-refractivity contribution in [2.45, 2.75) is 17.8 Å². The van der Waals surface area contributed by atoms with E-state index in [1.807, 2.05) is 41.0 Å². The quantitative estimate of drug-likeness (QED) is 0.483. The molecule has 1 N–H and O–H groups in total. The van der Waals surface area contributed by atoms with Crippen molar-refractivity contribution in [3.63, 3.8) is 0 Å². The van der Waals surface area contributed by atoms with Crippen LogP contribution in [0.5, 0.6) is 0 Å². The van der Waals surface area contributed by atoms with Gasteiger partial charge in [-0.1, -0.05) is 35.1 Å². The van der Waals surface area contributed by atoms with Crippen LogP contribution in [-0.2, 0) is 17.5 Å². The zero-order valence-electron chi connectivity index (χ0n) is 15.8. The number of fused-ring (bicyclic) bond motifs is 1. The topological polar surface area (TPSA) is 113 Å². The molecule has 1 aromatic carbocycles. The van der Waals surface area contributed by atoms with Gasteiger partial charge in [0.25, 0.3) is 5.95 Å². The molecular weight excluding hydrogens is 392 g/mol. The minimum Gasteiger partial charge on any atom is -0.450 e. The number of hydrogen-bond acceptors (Lipinski definition) is 8. The highest BCUT2D eigenvalue weighted by Gasteiger charge is 2.17. The lowest BCUT2D eigenvalue weighted by Gasteiger charge is -2.08. The van der Waals surface area contributed by atoms with Crippen molar-refractivity contribution in [3.8, 4) is 5.95 Å². The molecule has 0 fully saturated rings. The number of tetrazole rings is 1. The summed E-state index contributed by atoms with van der Waals surface area (Å²) in [6.07, 6.45) is -0.527. The number of hydrogen-bond donors (Lipinski definition) is 1. The first kappa shape index (κ1) is 18.9. The Balaban J connectivity index is 1.59. The van der Waals surface area contributed by atoms with Gasteiger partial charge in [-0.25, -0.2) is 19.4 Å². The summed E-state index contributed by atoms with van der Waals surface area (Å²) in [5, 5.41) is 15.1. The average Bonchev–Trinajstić information content (AvgIpc) is 3.29. The molecule has 4 rings (SSSR count). The highest BCUT2D eigenvalue weighted by atomic mass is 32.2. The third-order valence-corrected chi connectivity index (χ3v) is 4.96. The van der Waals surface area contributed by atoms with Crippen LogP contribution in [0.15, 0.2) is 47.6 Å². The lowest BCUT2D eigenvalue weighted by atomic mass is 10.3. The monoisotopic (exact) mass is 410 g/mol. The van der Waals surface area contributed by atoms with Gasteiger partial charge in [-0.3, -0.25) is 9.88 Å². The lowest BCUT2D eigenvalue weighted by molar-refractivity contribution is 0.168. The second-order valence-electron chi connectivity index (χ2n) is 5.97. The van der Waals surface area contributed by atoms with E-state index >= 15 is 0 Å². The molecule has 29 heavy (non-hydrogen) atoms. The number of nitrogens with zero attached hydrogens (tertiary/aromatic N) is 7. The first-order chi connectivity index (χ1) is 14.2. The summed E-state index contributed by atoms with van der Waals surface area (Å²) >= 11 is 1.51. The van der Waals surface area contributed by atoms with Gasteiger partial charge < -0.3 is 4.74 Å². The molecule has 10 nitrogen and oxygen atoms in total. The predicted molar refractivity (Wildman–Crippen MR) is 108 cm³/mol. The number of anilines is 1. The lowest BCUT2D eigenvalue weighted by Crippen LogP contribution is -2.14. The number of carbonyl (C=O) groups is 1. The maximum absolute atomic E-state index is 11.6. The van der Waals surface area contributed by atoms with Crippen LogP contribution in [0, 0.1) is 0 Å². The van der Waals surface area contributed by atoms with Gasteiger partial charge in [0.2, 0.25) is 0 Å². The zero-order chi connectivity index (χ0) is 20.2. The molecule has 4 aromatic rings. The molecule has 148 valence electrons. The van der Waals surface area contributed by atoms with E-state index in [0.29, 0.717) is 24.1 Å². The number of thioether (sulfide) groups is 1. The fourth-order valence-electron chi connectivity index (χ4n) is 2.75. The highest BCUT2D eigenvalue weighted by molar-refractivity contribution is 7.98. The van der Waals surface area contributed by atoms with E-state index in [1.54, 1.807) is 24.7 Å². The molecule has 0 saturated carbocycles. The Bertz CT molecular complexity index is 1160. The SMILES string of the molecule is CCOC(=O)Nc1cccc(CSc2nc3ccccc3n2-c2nnnn2C)n1. The van der Waals surface area contributed by atoms with Crippen LogP contribution in [0.3, 0.4) is 0 Å². The minimum absolute atomic E-state index is 0.300. The number of ether oxygens (including phenoxy) is 1. The molecule has 0 saturated heterocycles. The van der Waals surface area contributed by atoms with Crippen molar-refractivity contribution in [2.24, 2.45) is 7.05 Å². The smallest absolute Gasteiger partial charge is 0.412 e. The number of aromatic nitrogens is 7. The van der Waals surface area contributed by atoms with E-state index in [1.165, 1.54) is 11.8 Å². The molecular formula is C18H18N8O2S. The highest BCUT2D eigenvalue weighted by Crippen LogP contribution is 2.28. The Morgan fingerprint density at radius 3 is 2.83 bits per heavy atom. The van der Waals surface area contributed by atoms with Crippen LogP contribution < -0.4 is 5.32 Å². The first-order valence-electron chi connectivity index (χ1n) is 8.88. The first-order valence-corrected chi connectivity index (χ1v) is 9.87. The summed E-state index contributed by atoms with van der Waals surface area (Å²) in [5.41, 5.74) is 2.56. The van der Waals surface area contributed by atoms with Gasteiger partial charge in [0.15, 0.2) is 5.16 Å². The van der Waals surface area contributed by atoms with E-state index in [2.05, 4.69) is 25.8 Å². The number of rotatable bonds is 6. The molecule has 3 aromatic heterocycles. The summed E-state index contributed by atoms with van der Waals surface area (Å²) in [7, 11) is 1.78. The molecule has 0 unspecified atom stereocenters. The van der Waals surface area contributed by atoms with Crippen LogP contribution >= 0.6 is 11.8 Å². The van der Waals surface area contributed by atoms with Crippen molar-refractivity contribution in [1.29, 1.82) is 0 Å². The van der Waals surface area contributed by atoms with Gasteiger partial charge in [0.1, 0.15) is 5.82 Å². The summed E-state index contributed by atoms with van der Waals surface area (Å²) in [6.45, 7) is 2.05. The zero-order valence-corrected chi connectivity index (χ0v) is 16.6. The Morgan fingerprint density at radius 2 is 2.03 bits per heavy atom. The number of aryl methyl sites for hydroxylation is 1. The molecule has 0 aliphatic carbocycles. The Kier molecular flexibility index (Phi) is 5.38. The summed E-state index contributed by atoms with van der Waals surface area (Å²) in [4.78, 5) is 20.8. The van der Waals surface area contributed by atoms with Gasteiger partial charge in [-0.15, -0.1) is 0 Å². The molecule has 3 heterocycles. The second kappa shape index (κ2) is 8.27. The molecule has 11 heteroatoms. The predicted octanol–water partition coefficient (Wildman–Crippen LogP) is 2.80. The van der Waals surface area contributed by atoms with Crippen LogP contribution in [0.2, 0.25) is 0 Å². The van der Waals surface area contributed by atoms with Gasteiger partial charge in [-0.05, 0) is 41.6 Å². The number of imidazole rings is 1. The van der Waals surface area contributed by atoms with E-state index in [4.69, 9.17) is 9.72 Å². The third kappa shape index (κ3) is 4.04. The fraction of sp³-hybridized carbons (Fsp3) is 0.222. The largest absolute Gasteiger partial charge is 0.450 e. The maximum atomic E-state index is 11.6. The summed E-state index contributed by atoms with van der Waals surface area (Å²) < 4.78 is 8.40. The van der Waals surface area contributed by atoms with Gasteiger partial charge in [0, 0.05) is 12.8 Å². The second-order valence-corrected chi connectivity index (χ2v) is 6.91. The number of para-hydroxylation sites is 2. The van der Waals surface area contributed by atoms with E-state index in [0.717, 1.165) is 21.9 Å². The number of nitrogens with one attached hydrogen (secondary N) is 1. The summed E-state index contributed by atoms with van der Waals surface area (Å²) in [6, 6.07) is 13.2. The Hall–Kier alpha value is -3.47. The molecule has 0 aliphatic rings. The molecule has 0 atom stereocenters. The number of pyridine rings is 1. The molecule has 1 amide bonds. The van der Waals surface area contributed by atoms with Crippen molar-refractivity contribution in [2.75, 3.05) is 11.9 Å². The van der Waals surface area contributed by atoms with Gasteiger partial charge in [-0.2, -0.15) is 0 Å². The molecule has 0 aliphatic heterocycles. The maximum Gasteiger partial charge on any atom is 0.412 e. The Morgan fingerprint density at radius 1 is 1.17 bits per heavy atom. The van der Waals surface area contributed by atoms with E-state index < -0.39 is 6.09 Å². The standard InChI is InChI=1S/C18H18N8O2S/c1-3-28-18(27)21-15-10-6-7-12(19-15)11-29-17-20-13-8-4-5-9-14(13)26(17)16-22-23-24-25(16)2/h4-10H,3,11H2,1-2H3,(H,19,21,27). The molecule has 0 spiro atoms. The summed E-state index contributed by atoms with van der Waals surface area (Å²) in [5.74, 6) is 1.56. The van der Waals surface area contributed by atoms with E-state index in [-0.39, 0.29) is 0 Å². The third-order valence-electron chi connectivity index (χ3n) is 3.99. The number of amides is 1.